The maximum absolute atomic E-state index is 12.6. The fraction of sp³-hybridized carbons (Fsp3) is 0.409. The molecular formula is C22H30N4O2. The lowest BCUT2D eigenvalue weighted by molar-refractivity contribution is -0.132. The van der Waals surface area contributed by atoms with Crippen LogP contribution in [-0.2, 0) is 9.59 Å². The average Bonchev–Trinajstić information content (AvgIpc) is 2.91. The molecule has 1 aromatic carbocycles. The molecule has 2 aromatic rings. The van der Waals surface area contributed by atoms with Crippen molar-refractivity contribution in [3.05, 3.63) is 53.4 Å². The second-order valence-corrected chi connectivity index (χ2v) is 7.82. The predicted molar refractivity (Wildman–Crippen MR) is 112 cm³/mol. The molecular weight excluding hydrogens is 352 g/mol. The predicted octanol–water partition coefficient (Wildman–Crippen LogP) is 3.27. The summed E-state index contributed by atoms with van der Waals surface area (Å²) in [6.45, 7) is 12.0. The molecule has 2 rings (SSSR count). The molecule has 0 saturated heterocycles. The van der Waals surface area contributed by atoms with E-state index in [0.717, 1.165) is 22.6 Å². The summed E-state index contributed by atoms with van der Waals surface area (Å²) in [5.41, 5.74) is 3.37. The van der Waals surface area contributed by atoms with Crippen molar-refractivity contribution >= 4 is 17.9 Å². The number of likely N-dealkylation sites (N-methyl/N-ethyl adjacent to an activating group) is 1. The van der Waals surface area contributed by atoms with E-state index in [0.29, 0.717) is 6.54 Å². The molecule has 0 unspecified atom stereocenters. The highest BCUT2D eigenvalue weighted by Crippen LogP contribution is 2.19. The summed E-state index contributed by atoms with van der Waals surface area (Å²) in [6.07, 6.45) is 3.30. The molecule has 0 atom stereocenters. The molecule has 1 aromatic heterocycles. The Labute approximate surface area is 167 Å². The Hall–Kier alpha value is -2.89. The highest BCUT2D eigenvalue weighted by atomic mass is 16.2. The minimum Gasteiger partial charge on any atom is -0.350 e. The van der Waals surface area contributed by atoms with Gasteiger partial charge >= 0.3 is 0 Å². The Bertz CT molecular complexity index is 861. The number of aromatic nitrogens is 2. The molecule has 150 valence electrons. The third-order valence-electron chi connectivity index (χ3n) is 4.28. The number of hydrogen-bond donors (Lipinski definition) is 1. The second kappa shape index (κ2) is 8.87. The third-order valence-corrected chi connectivity index (χ3v) is 4.28. The number of hydrogen-bond acceptors (Lipinski definition) is 3. The van der Waals surface area contributed by atoms with Crippen molar-refractivity contribution < 1.29 is 9.59 Å². The lowest BCUT2D eigenvalue weighted by Crippen LogP contribution is -2.47. The van der Waals surface area contributed by atoms with Gasteiger partial charge < -0.3 is 10.2 Å². The van der Waals surface area contributed by atoms with Crippen molar-refractivity contribution in [1.29, 1.82) is 0 Å². The van der Waals surface area contributed by atoms with Crippen LogP contribution in [0.5, 0.6) is 0 Å². The first-order valence-corrected chi connectivity index (χ1v) is 9.52. The van der Waals surface area contributed by atoms with Crippen LogP contribution in [0.1, 0.15) is 44.6 Å². The van der Waals surface area contributed by atoms with Gasteiger partial charge in [-0.3, -0.25) is 9.59 Å². The molecule has 6 heteroatoms. The molecule has 1 N–H and O–H groups in total. The Kier molecular flexibility index (Phi) is 6.78. The average molecular weight is 383 g/mol. The quantitative estimate of drug-likeness (QED) is 0.780. The van der Waals surface area contributed by atoms with E-state index in [-0.39, 0.29) is 23.9 Å². The molecule has 0 saturated carbocycles. The largest absolute Gasteiger partial charge is 0.350 e. The van der Waals surface area contributed by atoms with Crippen molar-refractivity contribution in [3.63, 3.8) is 0 Å². The Morgan fingerprint density at radius 2 is 1.82 bits per heavy atom. The number of rotatable bonds is 6. The van der Waals surface area contributed by atoms with E-state index in [1.165, 1.54) is 11.0 Å². The van der Waals surface area contributed by atoms with E-state index in [4.69, 9.17) is 0 Å². The number of benzene rings is 1. The summed E-state index contributed by atoms with van der Waals surface area (Å²) < 4.78 is 1.87. The summed E-state index contributed by atoms with van der Waals surface area (Å²) in [5.74, 6) is -0.363. The summed E-state index contributed by atoms with van der Waals surface area (Å²) in [4.78, 5) is 26.2. The zero-order valence-corrected chi connectivity index (χ0v) is 17.6. The molecule has 0 aliphatic heterocycles. The van der Waals surface area contributed by atoms with Gasteiger partial charge in [0.05, 0.1) is 17.9 Å². The molecule has 0 radical (unpaired) electrons. The summed E-state index contributed by atoms with van der Waals surface area (Å²) in [5, 5.41) is 7.47. The number of carbonyl (C=O) groups is 2. The molecule has 2 amide bonds. The van der Waals surface area contributed by atoms with Gasteiger partial charge in [0.1, 0.15) is 0 Å². The number of amides is 2. The first-order chi connectivity index (χ1) is 13.1. The maximum Gasteiger partial charge on any atom is 0.247 e. The topological polar surface area (TPSA) is 67.2 Å². The van der Waals surface area contributed by atoms with E-state index in [1.807, 2.05) is 76.6 Å². The molecule has 0 aliphatic rings. The van der Waals surface area contributed by atoms with Crippen LogP contribution in [0.25, 0.3) is 11.8 Å². The van der Waals surface area contributed by atoms with Crippen molar-refractivity contribution in [2.75, 3.05) is 13.1 Å². The van der Waals surface area contributed by atoms with Crippen LogP contribution in [0.4, 0.5) is 0 Å². The van der Waals surface area contributed by atoms with Crippen LogP contribution < -0.4 is 5.32 Å². The maximum atomic E-state index is 12.6. The van der Waals surface area contributed by atoms with Gasteiger partial charge in [0.25, 0.3) is 0 Å². The minimum absolute atomic E-state index is 0.0399. The Morgan fingerprint density at radius 1 is 1.18 bits per heavy atom. The SMILES string of the molecule is CCN(CC(=O)NC(C)(C)C)C(=O)/C=C/c1c(C)nn(-c2ccccc2)c1C. The fourth-order valence-electron chi connectivity index (χ4n) is 2.95. The molecule has 0 fully saturated rings. The third kappa shape index (κ3) is 5.55. The molecule has 0 bridgehead atoms. The standard InChI is InChI=1S/C22H30N4O2/c1-7-25(15-20(27)23-22(4,5)6)21(28)14-13-19-16(2)24-26(17(19)3)18-11-9-8-10-12-18/h8-14H,7,15H2,1-6H3,(H,23,27)/b14-13+. The lowest BCUT2D eigenvalue weighted by Gasteiger charge is -2.24. The molecule has 1 heterocycles. The highest BCUT2D eigenvalue weighted by molar-refractivity contribution is 5.94. The lowest BCUT2D eigenvalue weighted by atomic mass is 10.1. The van der Waals surface area contributed by atoms with E-state index >= 15 is 0 Å². The molecule has 0 spiro atoms. The van der Waals surface area contributed by atoms with Crippen LogP contribution in [0.3, 0.4) is 0 Å². The molecule has 28 heavy (non-hydrogen) atoms. The van der Waals surface area contributed by atoms with Crippen LogP contribution >= 0.6 is 0 Å². The molecule has 6 nitrogen and oxygen atoms in total. The number of nitrogens with one attached hydrogen (secondary N) is 1. The zero-order chi connectivity index (χ0) is 20.9. The van der Waals surface area contributed by atoms with Crippen molar-refractivity contribution in [2.24, 2.45) is 0 Å². The van der Waals surface area contributed by atoms with Gasteiger partial charge in [-0.05, 0) is 59.8 Å². The summed E-state index contributed by atoms with van der Waals surface area (Å²) in [6, 6.07) is 9.87. The Morgan fingerprint density at radius 3 is 2.39 bits per heavy atom. The number of aryl methyl sites for hydroxylation is 1. The fourth-order valence-corrected chi connectivity index (χ4v) is 2.95. The number of carbonyl (C=O) groups excluding carboxylic acids is 2. The smallest absolute Gasteiger partial charge is 0.247 e. The van der Waals surface area contributed by atoms with E-state index in [2.05, 4.69) is 10.4 Å². The summed E-state index contributed by atoms with van der Waals surface area (Å²) >= 11 is 0. The zero-order valence-electron chi connectivity index (χ0n) is 17.6. The van der Waals surface area contributed by atoms with E-state index < -0.39 is 0 Å². The van der Waals surface area contributed by atoms with Gasteiger partial charge in [-0.1, -0.05) is 18.2 Å². The molecule has 0 aliphatic carbocycles. The van der Waals surface area contributed by atoms with Crippen molar-refractivity contribution in [1.82, 2.24) is 20.0 Å². The van der Waals surface area contributed by atoms with Gasteiger partial charge in [-0.15, -0.1) is 0 Å². The van der Waals surface area contributed by atoms with Crippen LogP contribution in [0, 0.1) is 13.8 Å². The van der Waals surface area contributed by atoms with Crippen LogP contribution in [-0.4, -0.2) is 45.1 Å². The summed E-state index contributed by atoms with van der Waals surface area (Å²) in [7, 11) is 0. The highest BCUT2D eigenvalue weighted by Gasteiger charge is 2.18. The van der Waals surface area contributed by atoms with Crippen molar-refractivity contribution in [2.45, 2.75) is 47.1 Å². The number of para-hydroxylation sites is 1. The van der Waals surface area contributed by atoms with Crippen LogP contribution in [0.15, 0.2) is 36.4 Å². The normalized spacial score (nSPS) is 11.6. The Balaban J connectivity index is 2.15. The first-order valence-electron chi connectivity index (χ1n) is 9.52. The second-order valence-electron chi connectivity index (χ2n) is 7.82. The van der Waals surface area contributed by atoms with Gasteiger partial charge in [0.15, 0.2) is 0 Å². The van der Waals surface area contributed by atoms with Crippen molar-refractivity contribution in [3.8, 4) is 5.69 Å². The van der Waals surface area contributed by atoms with Gasteiger partial charge in [-0.2, -0.15) is 5.10 Å². The van der Waals surface area contributed by atoms with Crippen LogP contribution in [0.2, 0.25) is 0 Å². The minimum atomic E-state index is -0.324. The van der Waals surface area contributed by atoms with E-state index in [9.17, 15) is 9.59 Å². The monoisotopic (exact) mass is 382 g/mol. The first kappa shape index (κ1) is 21.4. The van der Waals surface area contributed by atoms with Gasteiger partial charge in [-0.25, -0.2) is 4.68 Å². The van der Waals surface area contributed by atoms with Gasteiger partial charge in [0.2, 0.25) is 11.8 Å². The number of nitrogens with zero attached hydrogens (tertiary/aromatic N) is 3. The van der Waals surface area contributed by atoms with Gasteiger partial charge in [0, 0.05) is 29.4 Å². The van der Waals surface area contributed by atoms with E-state index in [1.54, 1.807) is 6.08 Å².